The molecule has 6 nitrogen and oxygen atoms in total. The van der Waals surface area contributed by atoms with E-state index >= 15 is 0 Å². The Morgan fingerprint density at radius 2 is 1.75 bits per heavy atom. The van der Waals surface area contributed by atoms with E-state index in [4.69, 9.17) is 16.3 Å². The van der Waals surface area contributed by atoms with Crippen LogP contribution in [0.15, 0.2) is 59.4 Å². The largest absolute Gasteiger partial charge is 0.497 e. The highest BCUT2D eigenvalue weighted by Crippen LogP contribution is 2.27. The van der Waals surface area contributed by atoms with Gasteiger partial charge < -0.3 is 14.5 Å². The number of halogens is 1. The van der Waals surface area contributed by atoms with Crippen molar-refractivity contribution >= 4 is 23.2 Å². The van der Waals surface area contributed by atoms with Gasteiger partial charge in [-0.2, -0.15) is 0 Å². The minimum absolute atomic E-state index is 0.185. The third-order valence-electron chi connectivity index (χ3n) is 4.88. The summed E-state index contributed by atoms with van der Waals surface area (Å²) in [5.74, 6) is 1.42. The number of aromatic nitrogens is 2. The molecule has 0 bridgehead atoms. The lowest BCUT2D eigenvalue weighted by molar-refractivity contribution is 0.414. The molecule has 0 spiro atoms. The Kier molecular flexibility index (Phi) is 5.21. The number of hydrogen-bond donors (Lipinski definition) is 1. The highest BCUT2D eigenvalue weighted by atomic mass is 35.5. The average molecular weight is 397 g/mol. The molecule has 0 unspecified atom stereocenters. The van der Waals surface area contributed by atoms with Crippen LogP contribution in [0.5, 0.6) is 5.75 Å². The normalized spacial score (nSPS) is 14.2. The first-order valence-corrected chi connectivity index (χ1v) is 9.52. The lowest BCUT2D eigenvalue weighted by Crippen LogP contribution is -2.47. The first kappa shape index (κ1) is 18.4. The molecule has 28 heavy (non-hydrogen) atoms. The van der Waals surface area contributed by atoms with Crippen molar-refractivity contribution in [2.45, 2.75) is 0 Å². The van der Waals surface area contributed by atoms with Crippen LogP contribution in [0.1, 0.15) is 0 Å². The molecule has 2 aromatic carbocycles. The third kappa shape index (κ3) is 3.82. The van der Waals surface area contributed by atoms with Crippen LogP contribution < -0.4 is 20.1 Å². The molecule has 1 aromatic heterocycles. The number of hydrogen-bond acceptors (Lipinski definition) is 5. The molecule has 1 aliphatic rings. The Labute approximate surface area is 168 Å². The lowest BCUT2D eigenvalue weighted by atomic mass is 10.1. The van der Waals surface area contributed by atoms with Gasteiger partial charge in [0.2, 0.25) is 5.95 Å². The SMILES string of the molecule is COc1cccc(N2CCN(c3nc(-c4ccccc4Cl)cc(=O)[nH]3)CC2)c1. The van der Waals surface area contributed by atoms with Crippen LogP contribution in [0.4, 0.5) is 11.6 Å². The second-order valence-electron chi connectivity index (χ2n) is 6.61. The van der Waals surface area contributed by atoms with E-state index in [0.29, 0.717) is 16.7 Å². The minimum atomic E-state index is -0.185. The number of piperazine rings is 1. The first-order valence-electron chi connectivity index (χ1n) is 9.14. The smallest absolute Gasteiger partial charge is 0.252 e. The Hall–Kier alpha value is -2.99. The second kappa shape index (κ2) is 7.94. The van der Waals surface area contributed by atoms with E-state index in [1.165, 1.54) is 6.07 Å². The van der Waals surface area contributed by atoms with Crippen LogP contribution in [0, 0.1) is 0 Å². The van der Waals surface area contributed by atoms with Gasteiger partial charge >= 0.3 is 0 Å². The van der Waals surface area contributed by atoms with Gasteiger partial charge in [-0.3, -0.25) is 9.78 Å². The van der Waals surface area contributed by atoms with Gasteiger partial charge in [0.15, 0.2) is 0 Å². The molecule has 1 saturated heterocycles. The van der Waals surface area contributed by atoms with Gasteiger partial charge in [-0.15, -0.1) is 0 Å². The molecule has 0 radical (unpaired) electrons. The van der Waals surface area contributed by atoms with Gasteiger partial charge in [0, 0.05) is 54.6 Å². The highest BCUT2D eigenvalue weighted by Gasteiger charge is 2.20. The zero-order valence-corrected chi connectivity index (χ0v) is 16.3. The Balaban J connectivity index is 1.53. The van der Waals surface area contributed by atoms with Crippen molar-refractivity contribution in [3.63, 3.8) is 0 Å². The molecule has 0 atom stereocenters. The summed E-state index contributed by atoms with van der Waals surface area (Å²) in [6.45, 7) is 3.17. The molecule has 1 N–H and O–H groups in total. The predicted octanol–water partition coefficient (Wildman–Crippen LogP) is 3.43. The van der Waals surface area contributed by atoms with Crippen molar-refractivity contribution in [2.75, 3.05) is 43.1 Å². The molecule has 2 heterocycles. The fraction of sp³-hybridized carbons (Fsp3) is 0.238. The molecule has 1 fully saturated rings. The van der Waals surface area contributed by atoms with Gasteiger partial charge in [-0.05, 0) is 18.2 Å². The maximum absolute atomic E-state index is 12.2. The number of methoxy groups -OCH3 is 1. The Morgan fingerprint density at radius 1 is 1.00 bits per heavy atom. The number of nitrogens with one attached hydrogen (secondary N) is 1. The van der Waals surface area contributed by atoms with Gasteiger partial charge in [0.05, 0.1) is 12.8 Å². The van der Waals surface area contributed by atoms with Crippen molar-refractivity contribution in [3.8, 4) is 17.0 Å². The number of H-pyrrole nitrogens is 1. The van der Waals surface area contributed by atoms with E-state index in [9.17, 15) is 4.79 Å². The van der Waals surface area contributed by atoms with Crippen LogP contribution in [0.2, 0.25) is 5.02 Å². The summed E-state index contributed by atoms with van der Waals surface area (Å²) in [7, 11) is 1.67. The molecule has 7 heteroatoms. The molecular weight excluding hydrogens is 376 g/mol. The number of rotatable bonds is 4. The predicted molar refractivity (Wildman–Crippen MR) is 113 cm³/mol. The molecule has 144 valence electrons. The number of nitrogens with zero attached hydrogens (tertiary/aromatic N) is 3. The maximum atomic E-state index is 12.2. The van der Waals surface area contributed by atoms with Gasteiger partial charge in [-0.1, -0.05) is 35.9 Å². The Bertz CT molecular complexity index is 1030. The summed E-state index contributed by atoms with van der Waals surface area (Å²) >= 11 is 6.28. The van der Waals surface area contributed by atoms with E-state index in [0.717, 1.165) is 43.2 Å². The second-order valence-corrected chi connectivity index (χ2v) is 7.02. The van der Waals surface area contributed by atoms with Gasteiger partial charge in [0.1, 0.15) is 5.75 Å². The van der Waals surface area contributed by atoms with E-state index in [1.807, 2.05) is 36.4 Å². The number of ether oxygens (including phenoxy) is 1. The quantitative estimate of drug-likeness (QED) is 0.732. The number of anilines is 2. The third-order valence-corrected chi connectivity index (χ3v) is 5.21. The van der Waals surface area contributed by atoms with Crippen molar-refractivity contribution in [3.05, 3.63) is 70.0 Å². The molecule has 0 saturated carbocycles. The zero-order chi connectivity index (χ0) is 19.5. The lowest BCUT2D eigenvalue weighted by Gasteiger charge is -2.36. The summed E-state index contributed by atoms with van der Waals surface area (Å²) in [4.78, 5) is 24.1. The molecule has 1 aliphatic heterocycles. The van der Waals surface area contributed by atoms with Crippen LogP contribution in [0.25, 0.3) is 11.3 Å². The molecule has 0 amide bonds. The summed E-state index contributed by atoms with van der Waals surface area (Å²) in [6.07, 6.45) is 0. The summed E-state index contributed by atoms with van der Waals surface area (Å²) < 4.78 is 5.32. The molecule has 3 aromatic rings. The average Bonchev–Trinajstić information content (AvgIpc) is 2.74. The van der Waals surface area contributed by atoms with E-state index in [2.05, 4.69) is 25.8 Å². The zero-order valence-electron chi connectivity index (χ0n) is 15.6. The number of benzene rings is 2. The topological polar surface area (TPSA) is 61.5 Å². The van der Waals surface area contributed by atoms with E-state index in [-0.39, 0.29) is 5.56 Å². The van der Waals surface area contributed by atoms with Crippen LogP contribution in [-0.2, 0) is 0 Å². The van der Waals surface area contributed by atoms with Crippen molar-refractivity contribution in [2.24, 2.45) is 0 Å². The summed E-state index contributed by atoms with van der Waals surface area (Å²) in [6, 6.07) is 16.9. The highest BCUT2D eigenvalue weighted by molar-refractivity contribution is 6.33. The standard InChI is InChI=1S/C21H21ClN4O2/c1-28-16-6-4-5-15(13-16)25-9-11-26(12-10-25)21-23-19(14-20(27)24-21)17-7-2-3-8-18(17)22/h2-8,13-14H,9-12H2,1H3,(H,23,24,27). The minimum Gasteiger partial charge on any atom is -0.497 e. The van der Waals surface area contributed by atoms with Crippen LogP contribution >= 0.6 is 11.6 Å². The molecular formula is C21H21ClN4O2. The van der Waals surface area contributed by atoms with Crippen molar-refractivity contribution in [1.29, 1.82) is 0 Å². The molecule has 0 aliphatic carbocycles. The number of aromatic amines is 1. The first-order chi connectivity index (χ1) is 13.6. The fourth-order valence-electron chi connectivity index (χ4n) is 3.39. The summed E-state index contributed by atoms with van der Waals surface area (Å²) in [5.41, 5.74) is 2.28. The van der Waals surface area contributed by atoms with Crippen molar-refractivity contribution < 1.29 is 4.74 Å². The Morgan fingerprint density at radius 3 is 2.50 bits per heavy atom. The van der Waals surface area contributed by atoms with E-state index < -0.39 is 0 Å². The summed E-state index contributed by atoms with van der Waals surface area (Å²) in [5, 5.41) is 0.578. The van der Waals surface area contributed by atoms with Gasteiger partial charge in [0.25, 0.3) is 5.56 Å². The van der Waals surface area contributed by atoms with Crippen LogP contribution in [-0.4, -0.2) is 43.3 Å². The maximum Gasteiger partial charge on any atom is 0.252 e. The molecule has 4 rings (SSSR count). The van der Waals surface area contributed by atoms with Crippen molar-refractivity contribution in [1.82, 2.24) is 9.97 Å². The monoisotopic (exact) mass is 396 g/mol. The van der Waals surface area contributed by atoms with E-state index in [1.54, 1.807) is 13.2 Å². The van der Waals surface area contributed by atoms with Gasteiger partial charge in [-0.25, -0.2) is 4.98 Å². The van der Waals surface area contributed by atoms with Crippen LogP contribution in [0.3, 0.4) is 0 Å². The fourth-order valence-corrected chi connectivity index (χ4v) is 3.62.